The first-order valence-electron chi connectivity index (χ1n) is 11.0. The van der Waals surface area contributed by atoms with Crippen LogP contribution in [0.2, 0.25) is 0 Å². The van der Waals surface area contributed by atoms with Crippen LogP contribution in [0.5, 0.6) is 11.5 Å². The van der Waals surface area contributed by atoms with Gasteiger partial charge in [-0.1, -0.05) is 26.0 Å². The molecule has 0 aliphatic carbocycles. The minimum Gasteiger partial charge on any atom is -0.494 e. The molecule has 0 saturated carbocycles. The van der Waals surface area contributed by atoms with E-state index in [2.05, 4.69) is 16.2 Å². The van der Waals surface area contributed by atoms with Crippen LogP contribution in [-0.2, 0) is 9.59 Å². The number of hydrogen-bond donors (Lipinski definition) is 3. The molecule has 33 heavy (non-hydrogen) atoms. The molecule has 0 aromatic heterocycles. The Morgan fingerprint density at radius 1 is 0.909 bits per heavy atom. The fourth-order valence-corrected chi connectivity index (χ4v) is 3.03. The van der Waals surface area contributed by atoms with Crippen LogP contribution in [0.3, 0.4) is 0 Å². The summed E-state index contributed by atoms with van der Waals surface area (Å²) in [4.78, 5) is 37.7. The standard InChI is InChI=1S/C25H33N3O5/c1-7-32-20-13-11-19(12-14-20)24(30)26-22(15(2)3)25(31)28-27-23(29)18(6)33-21-10-8-9-16(4)17(21)5/h8-15,18,22H,7H2,1-6H3,(H,26,30)(H,27,29)(H,28,31)/t18?,22-/m0/s1. The Morgan fingerprint density at radius 2 is 1.55 bits per heavy atom. The van der Waals surface area contributed by atoms with Gasteiger partial charge in [0.25, 0.3) is 17.7 Å². The molecule has 8 nitrogen and oxygen atoms in total. The second kappa shape index (κ2) is 11.9. The number of hydrazine groups is 1. The summed E-state index contributed by atoms with van der Waals surface area (Å²) < 4.78 is 11.1. The Hall–Kier alpha value is -3.55. The Bertz CT molecular complexity index is 973. The van der Waals surface area contributed by atoms with Gasteiger partial charge in [-0.25, -0.2) is 0 Å². The Morgan fingerprint density at radius 3 is 2.15 bits per heavy atom. The van der Waals surface area contributed by atoms with Crippen molar-refractivity contribution in [3.8, 4) is 11.5 Å². The first kappa shape index (κ1) is 25.7. The molecule has 0 bridgehead atoms. The maximum absolute atomic E-state index is 12.7. The fraction of sp³-hybridized carbons (Fsp3) is 0.400. The highest BCUT2D eigenvalue weighted by atomic mass is 16.5. The van der Waals surface area contributed by atoms with Gasteiger partial charge < -0.3 is 14.8 Å². The van der Waals surface area contributed by atoms with Gasteiger partial charge in [-0.05, 0) is 75.1 Å². The second-order valence-corrected chi connectivity index (χ2v) is 8.09. The molecule has 3 N–H and O–H groups in total. The largest absolute Gasteiger partial charge is 0.494 e. The lowest BCUT2D eigenvalue weighted by Gasteiger charge is -2.23. The third kappa shape index (κ3) is 7.24. The van der Waals surface area contributed by atoms with Crippen LogP contribution in [0.1, 0.15) is 49.2 Å². The number of rotatable bonds is 9. The fourth-order valence-electron chi connectivity index (χ4n) is 3.03. The molecule has 8 heteroatoms. The molecule has 2 aromatic carbocycles. The SMILES string of the molecule is CCOc1ccc(C(=O)N[C@H](C(=O)NNC(=O)C(C)Oc2cccc(C)c2C)C(C)C)cc1. The van der Waals surface area contributed by atoms with E-state index in [1.165, 1.54) is 0 Å². The lowest BCUT2D eigenvalue weighted by Crippen LogP contribution is -2.56. The van der Waals surface area contributed by atoms with Gasteiger partial charge in [0.2, 0.25) is 0 Å². The van der Waals surface area contributed by atoms with Crippen molar-refractivity contribution in [2.75, 3.05) is 6.61 Å². The Labute approximate surface area is 195 Å². The molecule has 0 spiro atoms. The zero-order chi connectivity index (χ0) is 24.5. The summed E-state index contributed by atoms with van der Waals surface area (Å²) in [7, 11) is 0. The van der Waals surface area contributed by atoms with Crippen LogP contribution < -0.4 is 25.6 Å². The molecule has 0 fully saturated rings. The molecule has 2 rings (SSSR count). The monoisotopic (exact) mass is 455 g/mol. The number of carbonyl (C=O) groups excluding carboxylic acids is 3. The van der Waals surface area contributed by atoms with Crippen LogP contribution in [0.4, 0.5) is 0 Å². The number of hydrogen-bond acceptors (Lipinski definition) is 5. The van der Waals surface area contributed by atoms with Crippen LogP contribution in [0.15, 0.2) is 42.5 Å². The molecule has 1 unspecified atom stereocenters. The highest BCUT2D eigenvalue weighted by molar-refractivity contribution is 5.98. The summed E-state index contributed by atoms with van der Waals surface area (Å²) in [5.41, 5.74) is 7.16. The van der Waals surface area contributed by atoms with Crippen LogP contribution in [0, 0.1) is 19.8 Å². The van der Waals surface area contributed by atoms with Crippen molar-refractivity contribution in [3.05, 3.63) is 59.2 Å². The van der Waals surface area contributed by atoms with Crippen molar-refractivity contribution in [2.24, 2.45) is 5.92 Å². The van der Waals surface area contributed by atoms with Gasteiger partial charge >= 0.3 is 0 Å². The van der Waals surface area contributed by atoms with E-state index in [1.807, 2.05) is 32.9 Å². The summed E-state index contributed by atoms with van der Waals surface area (Å²) in [6.45, 7) is 11.5. The van der Waals surface area contributed by atoms with Crippen molar-refractivity contribution in [2.45, 2.75) is 53.7 Å². The van der Waals surface area contributed by atoms with Crippen molar-refractivity contribution < 1.29 is 23.9 Å². The lowest BCUT2D eigenvalue weighted by atomic mass is 10.0. The van der Waals surface area contributed by atoms with Crippen LogP contribution in [0.25, 0.3) is 0 Å². The summed E-state index contributed by atoms with van der Waals surface area (Å²) in [6.07, 6.45) is -0.832. The summed E-state index contributed by atoms with van der Waals surface area (Å²) >= 11 is 0. The second-order valence-electron chi connectivity index (χ2n) is 8.09. The van der Waals surface area contributed by atoms with E-state index in [1.54, 1.807) is 51.1 Å². The van der Waals surface area contributed by atoms with Gasteiger partial charge in [-0.2, -0.15) is 0 Å². The number of aryl methyl sites for hydroxylation is 1. The molecular formula is C25H33N3O5. The average molecular weight is 456 g/mol. The van der Waals surface area contributed by atoms with Crippen LogP contribution >= 0.6 is 0 Å². The molecule has 0 aliphatic rings. The van der Waals surface area contributed by atoms with Crippen molar-refractivity contribution in [1.29, 1.82) is 0 Å². The number of ether oxygens (including phenoxy) is 2. The Kier molecular flexibility index (Phi) is 9.27. The normalized spacial score (nSPS) is 12.5. The summed E-state index contributed by atoms with van der Waals surface area (Å²) in [6, 6.07) is 11.4. The molecule has 0 saturated heterocycles. The summed E-state index contributed by atoms with van der Waals surface area (Å²) in [5.74, 6) is -0.387. The molecule has 178 valence electrons. The van der Waals surface area contributed by atoms with Crippen molar-refractivity contribution in [3.63, 3.8) is 0 Å². The highest BCUT2D eigenvalue weighted by Crippen LogP contribution is 2.21. The van der Waals surface area contributed by atoms with Gasteiger partial charge in [0, 0.05) is 5.56 Å². The van der Waals surface area contributed by atoms with E-state index in [0.29, 0.717) is 23.7 Å². The minimum absolute atomic E-state index is 0.211. The highest BCUT2D eigenvalue weighted by Gasteiger charge is 2.26. The maximum atomic E-state index is 12.7. The molecule has 2 aromatic rings. The van der Waals surface area contributed by atoms with Crippen molar-refractivity contribution >= 4 is 17.7 Å². The predicted molar refractivity (Wildman–Crippen MR) is 126 cm³/mol. The first-order chi connectivity index (χ1) is 15.6. The predicted octanol–water partition coefficient (Wildman–Crippen LogP) is 3.07. The van der Waals surface area contributed by atoms with E-state index in [-0.39, 0.29) is 5.92 Å². The molecule has 0 aliphatic heterocycles. The topological polar surface area (TPSA) is 106 Å². The van der Waals surface area contributed by atoms with Crippen LogP contribution in [-0.4, -0.2) is 36.5 Å². The molecule has 3 amide bonds. The van der Waals surface area contributed by atoms with E-state index in [9.17, 15) is 14.4 Å². The van der Waals surface area contributed by atoms with E-state index < -0.39 is 29.9 Å². The van der Waals surface area contributed by atoms with Gasteiger partial charge in [-0.3, -0.25) is 25.2 Å². The Balaban J connectivity index is 1.94. The lowest BCUT2D eigenvalue weighted by molar-refractivity contribution is -0.133. The first-order valence-corrected chi connectivity index (χ1v) is 11.0. The molecular weight excluding hydrogens is 422 g/mol. The summed E-state index contributed by atoms with van der Waals surface area (Å²) in [5, 5.41) is 2.72. The molecule has 2 atom stereocenters. The van der Waals surface area contributed by atoms with E-state index in [0.717, 1.165) is 11.1 Å². The number of benzene rings is 2. The van der Waals surface area contributed by atoms with Gasteiger partial charge in [0.05, 0.1) is 6.61 Å². The van der Waals surface area contributed by atoms with Gasteiger partial charge in [0.1, 0.15) is 17.5 Å². The maximum Gasteiger partial charge on any atom is 0.279 e. The average Bonchev–Trinajstić information content (AvgIpc) is 2.78. The quantitative estimate of drug-likeness (QED) is 0.504. The zero-order valence-electron chi connectivity index (χ0n) is 20.0. The van der Waals surface area contributed by atoms with Gasteiger partial charge in [-0.15, -0.1) is 0 Å². The number of amides is 3. The molecule has 0 heterocycles. The minimum atomic E-state index is -0.848. The third-order valence-corrected chi connectivity index (χ3v) is 5.20. The van der Waals surface area contributed by atoms with Crippen molar-refractivity contribution in [1.82, 2.24) is 16.2 Å². The molecule has 0 radical (unpaired) electrons. The third-order valence-electron chi connectivity index (χ3n) is 5.20. The number of carbonyl (C=O) groups is 3. The van der Waals surface area contributed by atoms with E-state index in [4.69, 9.17) is 9.47 Å². The van der Waals surface area contributed by atoms with E-state index >= 15 is 0 Å². The van der Waals surface area contributed by atoms with Gasteiger partial charge in [0.15, 0.2) is 6.10 Å². The zero-order valence-corrected chi connectivity index (χ0v) is 20.0. The smallest absolute Gasteiger partial charge is 0.279 e. The number of nitrogens with one attached hydrogen (secondary N) is 3.